The Labute approximate surface area is 118 Å². The van der Waals surface area contributed by atoms with Crippen LogP contribution in [0.5, 0.6) is 0 Å². The van der Waals surface area contributed by atoms with E-state index in [4.69, 9.17) is 5.73 Å². The van der Waals surface area contributed by atoms with Crippen LogP contribution >= 0.6 is 0 Å². The van der Waals surface area contributed by atoms with Gasteiger partial charge < -0.3 is 10.3 Å². The summed E-state index contributed by atoms with van der Waals surface area (Å²) in [6, 6.07) is 18.9. The van der Waals surface area contributed by atoms with Crippen LogP contribution in [0.3, 0.4) is 0 Å². The van der Waals surface area contributed by atoms with Crippen LogP contribution in [-0.2, 0) is 13.6 Å². The highest BCUT2D eigenvalue weighted by molar-refractivity contribution is 5.69. The molecule has 0 aliphatic rings. The zero-order valence-electron chi connectivity index (χ0n) is 11.5. The molecule has 1 heterocycles. The van der Waals surface area contributed by atoms with Crippen molar-refractivity contribution in [2.45, 2.75) is 6.54 Å². The molecule has 3 heteroatoms. The zero-order valence-corrected chi connectivity index (χ0v) is 11.5. The zero-order chi connectivity index (χ0) is 13.9. The van der Waals surface area contributed by atoms with Crippen molar-refractivity contribution in [3.05, 3.63) is 66.6 Å². The Morgan fingerprint density at radius 2 is 1.50 bits per heavy atom. The van der Waals surface area contributed by atoms with Crippen LogP contribution in [0.15, 0.2) is 60.9 Å². The molecule has 0 fully saturated rings. The third kappa shape index (κ3) is 2.24. The highest BCUT2D eigenvalue weighted by Gasteiger charge is 2.09. The number of aryl methyl sites for hydroxylation is 1. The van der Waals surface area contributed by atoms with E-state index >= 15 is 0 Å². The van der Waals surface area contributed by atoms with Gasteiger partial charge in [0.1, 0.15) is 0 Å². The predicted octanol–water partition coefficient (Wildman–Crippen LogP) is 3.21. The van der Waals surface area contributed by atoms with Crippen molar-refractivity contribution in [2.75, 3.05) is 0 Å². The Kier molecular flexibility index (Phi) is 3.35. The number of nitrogens with zero attached hydrogens (tertiary/aromatic N) is 2. The summed E-state index contributed by atoms with van der Waals surface area (Å²) in [5, 5.41) is 0. The first-order valence-corrected chi connectivity index (χ1v) is 6.65. The van der Waals surface area contributed by atoms with Gasteiger partial charge in [0.15, 0.2) is 0 Å². The summed E-state index contributed by atoms with van der Waals surface area (Å²) in [4.78, 5) is 4.33. The summed E-state index contributed by atoms with van der Waals surface area (Å²) in [6.45, 7) is 0.455. The minimum absolute atomic E-state index is 0.455. The monoisotopic (exact) mass is 263 g/mol. The first-order chi connectivity index (χ1) is 9.79. The molecular formula is C17H17N3. The summed E-state index contributed by atoms with van der Waals surface area (Å²) in [7, 11) is 1.99. The van der Waals surface area contributed by atoms with Crippen molar-refractivity contribution >= 4 is 0 Å². The van der Waals surface area contributed by atoms with Crippen molar-refractivity contribution < 1.29 is 0 Å². The Balaban J connectivity index is 2.00. The van der Waals surface area contributed by atoms with Crippen LogP contribution in [0.2, 0.25) is 0 Å². The van der Waals surface area contributed by atoms with Crippen LogP contribution in [0.1, 0.15) is 5.69 Å². The van der Waals surface area contributed by atoms with Crippen molar-refractivity contribution in [3.8, 4) is 22.4 Å². The number of benzene rings is 2. The van der Waals surface area contributed by atoms with Gasteiger partial charge in [-0.3, -0.25) is 0 Å². The van der Waals surface area contributed by atoms with Gasteiger partial charge in [-0.05, 0) is 11.1 Å². The molecule has 0 unspecified atom stereocenters. The second-order valence-electron chi connectivity index (χ2n) is 4.80. The number of rotatable bonds is 3. The van der Waals surface area contributed by atoms with E-state index in [1.807, 2.05) is 24.0 Å². The summed E-state index contributed by atoms with van der Waals surface area (Å²) in [5.74, 6) is 0. The molecule has 0 saturated heterocycles. The molecule has 20 heavy (non-hydrogen) atoms. The summed E-state index contributed by atoms with van der Waals surface area (Å²) < 4.78 is 2.01. The van der Waals surface area contributed by atoms with Gasteiger partial charge in [0.05, 0.1) is 17.7 Å². The van der Waals surface area contributed by atoms with Crippen LogP contribution in [-0.4, -0.2) is 9.55 Å². The Morgan fingerprint density at radius 3 is 2.15 bits per heavy atom. The lowest BCUT2D eigenvalue weighted by Gasteiger charge is -2.07. The number of hydrogen-bond acceptors (Lipinski definition) is 2. The SMILES string of the molecule is Cn1cnc(CN)c1-c1ccc(-c2ccccc2)cc1. The fourth-order valence-corrected chi connectivity index (χ4v) is 2.45. The lowest BCUT2D eigenvalue weighted by atomic mass is 10.0. The molecule has 0 atom stereocenters. The Hall–Kier alpha value is -2.39. The van der Waals surface area contributed by atoms with Crippen LogP contribution in [0, 0.1) is 0 Å². The van der Waals surface area contributed by atoms with E-state index in [0.717, 1.165) is 17.0 Å². The maximum atomic E-state index is 5.75. The molecule has 0 spiro atoms. The van der Waals surface area contributed by atoms with E-state index < -0.39 is 0 Å². The molecule has 0 saturated carbocycles. The first-order valence-electron chi connectivity index (χ1n) is 6.65. The van der Waals surface area contributed by atoms with Gasteiger partial charge in [0.2, 0.25) is 0 Å². The maximum Gasteiger partial charge on any atom is 0.0952 e. The predicted molar refractivity (Wildman–Crippen MR) is 82.0 cm³/mol. The lowest BCUT2D eigenvalue weighted by molar-refractivity contribution is 0.920. The largest absolute Gasteiger partial charge is 0.333 e. The van der Waals surface area contributed by atoms with Gasteiger partial charge in [0.25, 0.3) is 0 Å². The highest BCUT2D eigenvalue weighted by atomic mass is 15.0. The number of hydrogen-bond donors (Lipinski definition) is 1. The topological polar surface area (TPSA) is 43.8 Å². The molecule has 100 valence electrons. The standard InChI is InChI=1S/C17H17N3/c1-20-12-19-16(11-18)17(20)15-9-7-14(8-10-15)13-5-3-2-4-6-13/h2-10,12H,11,18H2,1H3. The van der Waals surface area contributed by atoms with Gasteiger partial charge in [-0.25, -0.2) is 4.98 Å². The molecular weight excluding hydrogens is 246 g/mol. The molecule has 3 rings (SSSR count). The van der Waals surface area contributed by atoms with Crippen molar-refractivity contribution in [3.63, 3.8) is 0 Å². The highest BCUT2D eigenvalue weighted by Crippen LogP contribution is 2.26. The molecule has 2 N–H and O–H groups in total. The molecule has 0 bridgehead atoms. The molecule has 1 aromatic heterocycles. The maximum absolute atomic E-state index is 5.75. The molecule has 0 aliphatic heterocycles. The van der Waals surface area contributed by atoms with Gasteiger partial charge in [0, 0.05) is 19.2 Å². The van der Waals surface area contributed by atoms with Gasteiger partial charge in [-0.1, -0.05) is 54.6 Å². The van der Waals surface area contributed by atoms with E-state index in [1.165, 1.54) is 11.1 Å². The van der Waals surface area contributed by atoms with E-state index in [2.05, 4.69) is 53.5 Å². The molecule has 0 radical (unpaired) electrons. The Morgan fingerprint density at radius 1 is 0.900 bits per heavy atom. The molecule has 2 aromatic carbocycles. The van der Waals surface area contributed by atoms with Crippen LogP contribution < -0.4 is 5.73 Å². The van der Waals surface area contributed by atoms with E-state index in [1.54, 1.807) is 0 Å². The molecule has 3 aromatic rings. The normalized spacial score (nSPS) is 10.7. The minimum Gasteiger partial charge on any atom is -0.333 e. The summed E-state index contributed by atoms with van der Waals surface area (Å²) in [5.41, 5.74) is 11.3. The fraction of sp³-hybridized carbons (Fsp3) is 0.118. The van der Waals surface area contributed by atoms with Crippen LogP contribution in [0.4, 0.5) is 0 Å². The second kappa shape index (κ2) is 5.31. The first kappa shape index (κ1) is 12.6. The molecule has 3 nitrogen and oxygen atoms in total. The molecule has 0 amide bonds. The van der Waals surface area contributed by atoms with E-state index in [-0.39, 0.29) is 0 Å². The summed E-state index contributed by atoms with van der Waals surface area (Å²) >= 11 is 0. The molecule has 0 aliphatic carbocycles. The van der Waals surface area contributed by atoms with Crippen molar-refractivity contribution in [2.24, 2.45) is 12.8 Å². The van der Waals surface area contributed by atoms with Gasteiger partial charge in [-0.15, -0.1) is 0 Å². The Bertz CT molecular complexity index is 697. The van der Waals surface area contributed by atoms with Crippen LogP contribution in [0.25, 0.3) is 22.4 Å². The number of nitrogens with two attached hydrogens (primary N) is 1. The second-order valence-corrected chi connectivity index (χ2v) is 4.80. The average molecular weight is 263 g/mol. The van der Waals surface area contributed by atoms with E-state index in [9.17, 15) is 0 Å². The lowest BCUT2D eigenvalue weighted by Crippen LogP contribution is -2.00. The summed E-state index contributed by atoms with van der Waals surface area (Å²) in [6.07, 6.45) is 1.81. The third-order valence-electron chi connectivity index (χ3n) is 3.47. The van der Waals surface area contributed by atoms with E-state index in [0.29, 0.717) is 6.54 Å². The van der Waals surface area contributed by atoms with Gasteiger partial charge >= 0.3 is 0 Å². The smallest absolute Gasteiger partial charge is 0.0952 e. The minimum atomic E-state index is 0.455. The number of imidazole rings is 1. The fourth-order valence-electron chi connectivity index (χ4n) is 2.45. The average Bonchev–Trinajstić information content (AvgIpc) is 2.89. The third-order valence-corrected chi connectivity index (χ3v) is 3.47. The quantitative estimate of drug-likeness (QED) is 0.788. The van der Waals surface area contributed by atoms with Gasteiger partial charge in [-0.2, -0.15) is 0 Å². The van der Waals surface area contributed by atoms with Crippen molar-refractivity contribution in [1.82, 2.24) is 9.55 Å². The van der Waals surface area contributed by atoms with Crippen molar-refractivity contribution in [1.29, 1.82) is 0 Å². The number of aromatic nitrogens is 2.